The normalized spacial score (nSPS) is 14.2. The zero-order chi connectivity index (χ0) is 12.9. The molecule has 0 aliphatic carbocycles. The summed E-state index contributed by atoms with van der Waals surface area (Å²) in [7, 11) is 3.78. The maximum absolute atomic E-state index is 9.20. The summed E-state index contributed by atoms with van der Waals surface area (Å²) in [5.74, 6) is 0. The van der Waals surface area contributed by atoms with Crippen LogP contribution in [-0.4, -0.2) is 50.1 Å². The first-order valence-corrected chi connectivity index (χ1v) is 6.19. The average molecular weight is 242 g/mol. The van der Waals surface area contributed by atoms with Crippen LogP contribution in [-0.2, 0) is 4.84 Å². The lowest BCUT2D eigenvalue weighted by Crippen LogP contribution is -2.33. The van der Waals surface area contributed by atoms with Gasteiger partial charge in [-0.25, -0.2) is 0 Å². The van der Waals surface area contributed by atoms with Gasteiger partial charge in [-0.15, -0.1) is 0 Å². The molecule has 0 rings (SSSR count). The van der Waals surface area contributed by atoms with Gasteiger partial charge in [-0.2, -0.15) is 5.06 Å². The van der Waals surface area contributed by atoms with Crippen molar-refractivity contribution in [3.05, 3.63) is 24.3 Å². The first-order chi connectivity index (χ1) is 8.26. The molecule has 0 aromatic carbocycles. The Hall–Kier alpha value is -0.680. The summed E-state index contributed by atoms with van der Waals surface area (Å²) < 4.78 is 0. The number of rotatable bonds is 10. The van der Waals surface area contributed by atoms with Gasteiger partial charge in [0.05, 0.1) is 19.3 Å². The molecule has 0 aliphatic rings. The fraction of sp³-hybridized carbons (Fsp3) is 0.692. The third-order valence-corrected chi connectivity index (χ3v) is 2.34. The lowest BCUT2D eigenvalue weighted by molar-refractivity contribution is -0.159. The van der Waals surface area contributed by atoms with E-state index in [1.54, 1.807) is 5.06 Å². The molecule has 1 atom stereocenters. The van der Waals surface area contributed by atoms with E-state index in [1.807, 2.05) is 33.2 Å². The number of hydrogen-bond donors (Lipinski definition) is 2. The summed E-state index contributed by atoms with van der Waals surface area (Å²) >= 11 is 0. The van der Waals surface area contributed by atoms with E-state index >= 15 is 0 Å². The highest BCUT2D eigenvalue weighted by Crippen LogP contribution is 2.00. The van der Waals surface area contributed by atoms with E-state index in [0.717, 1.165) is 19.4 Å². The molecule has 0 aromatic heterocycles. The second-order valence-corrected chi connectivity index (χ2v) is 3.74. The minimum absolute atomic E-state index is 0.0659. The third-order valence-electron chi connectivity index (χ3n) is 2.34. The van der Waals surface area contributed by atoms with Crippen molar-refractivity contribution >= 4 is 0 Å². The van der Waals surface area contributed by atoms with E-state index in [-0.39, 0.29) is 12.6 Å². The molecular formula is C13H26N2O2. The summed E-state index contributed by atoms with van der Waals surface area (Å²) in [6.07, 6.45) is 10.2. The van der Waals surface area contributed by atoms with Gasteiger partial charge >= 0.3 is 0 Å². The summed E-state index contributed by atoms with van der Waals surface area (Å²) in [4.78, 5) is 5.30. The Labute approximate surface area is 105 Å². The van der Waals surface area contributed by atoms with Gasteiger partial charge < -0.3 is 10.4 Å². The highest BCUT2D eigenvalue weighted by Gasteiger charge is 2.09. The molecule has 0 aliphatic heterocycles. The molecule has 4 heteroatoms. The Morgan fingerprint density at radius 2 is 2.12 bits per heavy atom. The smallest absolute Gasteiger partial charge is 0.0760 e. The molecule has 0 saturated carbocycles. The fourth-order valence-electron chi connectivity index (χ4n) is 1.35. The summed E-state index contributed by atoms with van der Waals surface area (Å²) in [6.45, 7) is 3.62. The quantitative estimate of drug-likeness (QED) is 0.345. The van der Waals surface area contributed by atoms with Gasteiger partial charge in [-0.1, -0.05) is 24.3 Å². The zero-order valence-corrected chi connectivity index (χ0v) is 11.2. The molecule has 17 heavy (non-hydrogen) atoms. The number of hydrogen-bond acceptors (Lipinski definition) is 4. The maximum atomic E-state index is 9.20. The molecule has 0 aromatic rings. The second kappa shape index (κ2) is 11.8. The molecule has 0 radical (unpaired) electrons. The van der Waals surface area contributed by atoms with E-state index in [1.165, 1.54) is 0 Å². The Morgan fingerprint density at radius 3 is 2.71 bits per heavy atom. The number of nitrogens with zero attached hydrogens (tertiary/aromatic N) is 1. The summed E-state index contributed by atoms with van der Waals surface area (Å²) in [5, 5.41) is 14.0. The van der Waals surface area contributed by atoms with Crippen LogP contribution in [0.15, 0.2) is 24.3 Å². The lowest BCUT2D eigenvalue weighted by Gasteiger charge is -2.22. The van der Waals surface area contributed by atoms with E-state index in [2.05, 4.69) is 17.5 Å². The van der Waals surface area contributed by atoms with Crippen LogP contribution in [0.25, 0.3) is 0 Å². The van der Waals surface area contributed by atoms with E-state index in [4.69, 9.17) is 4.84 Å². The van der Waals surface area contributed by atoms with Gasteiger partial charge in [0.2, 0.25) is 0 Å². The van der Waals surface area contributed by atoms with Gasteiger partial charge in [0.1, 0.15) is 0 Å². The molecule has 0 amide bonds. The van der Waals surface area contributed by atoms with Crippen molar-refractivity contribution in [3.63, 3.8) is 0 Å². The number of allylic oxidation sites excluding steroid dienone is 2. The molecule has 0 fully saturated rings. The van der Waals surface area contributed by atoms with Crippen LogP contribution in [0.2, 0.25) is 0 Å². The van der Waals surface area contributed by atoms with Gasteiger partial charge in [0, 0.05) is 7.05 Å². The van der Waals surface area contributed by atoms with Crippen LogP contribution in [0.5, 0.6) is 0 Å². The van der Waals surface area contributed by atoms with Crippen LogP contribution in [0.4, 0.5) is 0 Å². The van der Waals surface area contributed by atoms with Crippen LogP contribution in [0, 0.1) is 0 Å². The molecule has 0 saturated heterocycles. The molecule has 0 bridgehead atoms. The third kappa shape index (κ3) is 9.06. The minimum Gasteiger partial charge on any atom is -0.394 e. The molecule has 0 spiro atoms. The number of likely N-dealkylation sites (N-methyl/N-ethyl adjacent to an activating group) is 1. The minimum atomic E-state index is -0.0688. The number of nitrogens with one attached hydrogen (secondary N) is 1. The lowest BCUT2D eigenvalue weighted by atomic mass is 10.2. The molecule has 2 N–H and O–H groups in total. The average Bonchev–Trinajstić information content (AvgIpc) is 2.33. The maximum Gasteiger partial charge on any atom is 0.0760 e. The predicted octanol–water partition coefficient (Wildman–Crippen LogP) is 1.34. The van der Waals surface area contributed by atoms with Gasteiger partial charge in [0.15, 0.2) is 0 Å². The standard InChI is InChI=1S/C13H26N2O2/c1-4-17-15(3)13(12-16)10-8-6-5-7-9-11-14-2/h5,7-8,10,13-14,16H,4,6,9,11-12H2,1-3H3/b7-5-,10-8+. The van der Waals surface area contributed by atoms with Gasteiger partial charge in [-0.05, 0) is 33.4 Å². The number of aliphatic hydroxyl groups is 1. The van der Waals surface area contributed by atoms with Crippen molar-refractivity contribution in [2.45, 2.75) is 25.8 Å². The number of hydroxylamine groups is 2. The molecular weight excluding hydrogens is 216 g/mol. The van der Waals surface area contributed by atoms with E-state index in [9.17, 15) is 5.11 Å². The molecule has 4 nitrogen and oxygen atoms in total. The monoisotopic (exact) mass is 242 g/mol. The largest absolute Gasteiger partial charge is 0.394 e. The van der Waals surface area contributed by atoms with E-state index in [0.29, 0.717) is 6.61 Å². The first-order valence-electron chi connectivity index (χ1n) is 6.19. The number of aliphatic hydroxyl groups excluding tert-OH is 1. The molecule has 100 valence electrons. The SMILES string of the molecule is CCON(C)C(/C=C/C/C=C\CCNC)CO. The van der Waals surface area contributed by atoms with Crippen molar-refractivity contribution in [1.82, 2.24) is 10.4 Å². The van der Waals surface area contributed by atoms with Crippen molar-refractivity contribution in [2.75, 3.05) is 33.9 Å². The second-order valence-electron chi connectivity index (χ2n) is 3.74. The highest BCUT2D eigenvalue weighted by atomic mass is 16.7. The fourth-order valence-corrected chi connectivity index (χ4v) is 1.35. The summed E-state index contributed by atoms with van der Waals surface area (Å²) in [5.41, 5.74) is 0. The van der Waals surface area contributed by atoms with Crippen molar-refractivity contribution in [3.8, 4) is 0 Å². The Balaban J connectivity index is 3.82. The van der Waals surface area contributed by atoms with E-state index < -0.39 is 0 Å². The van der Waals surface area contributed by atoms with Crippen LogP contribution in [0.3, 0.4) is 0 Å². The molecule has 1 unspecified atom stereocenters. The predicted molar refractivity (Wildman–Crippen MR) is 71.7 cm³/mol. The highest BCUT2D eigenvalue weighted by molar-refractivity contribution is 4.97. The first kappa shape index (κ1) is 16.3. The summed E-state index contributed by atoms with van der Waals surface area (Å²) in [6, 6.07) is -0.0688. The van der Waals surface area contributed by atoms with Crippen LogP contribution >= 0.6 is 0 Å². The van der Waals surface area contributed by atoms with Crippen LogP contribution in [0.1, 0.15) is 19.8 Å². The zero-order valence-electron chi connectivity index (χ0n) is 11.2. The van der Waals surface area contributed by atoms with Gasteiger partial charge in [-0.3, -0.25) is 4.84 Å². The topological polar surface area (TPSA) is 44.7 Å². The van der Waals surface area contributed by atoms with Crippen LogP contribution < -0.4 is 5.32 Å². The van der Waals surface area contributed by atoms with Crippen molar-refractivity contribution in [1.29, 1.82) is 0 Å². The van der Waals surface area contributed by atoms with Crippen molar-refractivity contribution < 1.29 is 9.94 Å². The Morgan fingerprint density at radius 1 is 1.35 bits per heavy atom. The van der Waals surface area contributed by atoms with Crippen molar-refractivity contribution in [2.24, 2.45) is 0 Å². The Bertz CT molecular complexity index is 217. The van der Waals surface area contributed by atoms with Gasteiger partial charge in [0.25, 0.3) is 0 Å². The Kier molecular flexibility index (Phi) is 11.3. The molecule has 0 heterocycles.